The van der Waals surface area contributed by atoms with E-state index in [0.29, 0.717) is 0 Å². The summed E-state index contributed by atoms with van der Waals surface area (Å²) in [4.78, 5) is 10.4. The zero-order valence-corrected chi connectivity index (χ0v) is 7.92. The molecule has 12 heavy (non-hydrogen) atoms. The van der Waals surface area contributed by atoms with Crippen molar-refractivity contribution >= 4 is 5.97 Å². The Bertz CT molecular complexity index is 166. The molecule has 0 heterocycles. The summed E-state index contributed by atoms with van der Waals surface area (Å²) in [6.45, 7) is 6.40. The zero-order chi connectivity index (χ0) is 9.99. The van der Waals surface area contributed by atoms with Gasteiger partial charge in [0.2, 0.25) is 0 Å². The highest BCUT2D eigenvalue weighted by atomic mass is 16.5. The van der Waals surface area contributed by atoms with Crippen molar-refractivity contribution in [2.75, 3.05) is 6.61 Å². The highest BCUT2D eigenvalue weighted by Gasteiger charge is 2.31. The third-order valence-corrected chi connectivity index (χ3v) is 1.25. The lowest BCUT2D eigenvalue weighted by atomic mass is 10.1. The fourth-order valence-electron chi connectivity index (χ4n) is 0.419. The van der Waals surface area contributed by atoms with E-state index >= 15 is 0 Å². The predicted octanol–water partition coefficient (Wildman–Crippen LogP) is 0.637. The summed E-state index contributed by atoms with van der Waals surface area (Å²) in [5, 5.41) is 17.7. The normalized spacial score (nSPS) is 17.1. The van der Waals surface area contributed by atoms with Gasteiger partial charge in [-0.2, -0.15) is 0 Å². The second kappa shape index (κ2) is 3.41. The number of carbonyl (C=O) groups is 1. The number of carboxylic acid groups (broad SMARTS) is 1. The number of ether oxygens (including phenoxy) is 1. The maximum Gasteiger partial charge on any atom is 0.337 e. The van der Waals surface area contributed by atoms with E-state index in [9.17, 15) is 9.90 Å². The molecule has 0 rings (SSSR count). The van der Waals surface area contributed by atoms with Crippen molar-refractivity contribution < 1.29 is 19.7 Å². The van der Waals surface area contributed by atoms with E-state index in [1.165, 1.54) is 6.92 Å². The van der Waals surface area contributed by atoms with Crippen molar-refractivity contribution in [2.24, 2.45) is 0 Å². The van der Waals surface area contributed by atoms with E-state index in [-0.39, 0.29) is 6.61 Å². The van der Waals surface area contributed by atoms with Crippen LogP contribution in [-0.4, -0.2) is 34.0 Å². The van der Waals surface area contributed by atoms with Gasteiger partial charge in [0.1, 0.15) is 0 Å². The lowest BCUT2D eigenvalue weighted by Gasteiger charge is -2.25. The highest BCUT2D eigenvalue weighted by molar-refractivity contribution is 5.76. The van der Waals surface area contributed by atoms with Gasteiger partial charge in [0.05, 0.1) is 12.2 Å². The van der Waals surface area contributed by atoms with Gasteiger partial charge in [0.15, 0.2) is 5.60 Å². The lowest BCUT2D eigenvalue weighted by molar-refractivity contribution is -0.168. The molecule has 0 aromatic carbocycles. The predicted molar refractivity (Wildman–Crippen MR) is 44.0 cm³/mol. The summed E-state index contributed by atoms with van der Waals surface area (Å²) in [6.07, 6.45) is 0. The lowest BCUT2D eigenvalue weighted by Crippen LogP contribution is -2.42. The number of aliphatic hydroxyl groups is 1. The topological polar surface area (TPSA) is 66.8 Å². The number of hydrogen-bond donors (Lipinski definition) is 2. The fraction of sp³-hybridized carbons (Fsp3) is 0.875. The molecule has 0 fully saturated rings. The Morgan fingerprint density at radius 1 is 1.33 bits per heavy atom. The quantitative estimate of drug-likeness (QED) is 0.662. The molecular weight excluding hydrogens is 160 g/mol. The SMILES string of the molecule is CC(C)(C)OCC(C)(O)C(=O)O. The van der Waals surface area contributed by atoms with Gasteiger partial charge < -0.3 is 14.9 Å². The Morgan fingerprint density at radius 3 is 2.00 bits per heavy atom. The Labute approximate surface area is 72.2 Å². The van der Waals surface area contributed by atoms with Gasteiger partial charge in [-0.25, -0.2) is 4.79 Å². The first kappa shape index (κ1) is 11.4. The number of carboxylic acids is 1. The molecular formula is C8H16O4. The molecule has 0 bridgehead atoms. The molecule has 0 amide bonds. The third-order valence-electron chi connectivity index (χ3n) is 1.25. The maximum absolute atomic E-state index is 10.4. The molecule has 0 aliphatic heterocycles. The van der Waals surface area contributed by atoms with Crippen LogP contribution >= 0.6 is 0 Å². The van der Waals surface area contributed by atoms with E-state index in [1.54, 1.807) is 20.8 Å². The van der Waals surface area contributed by atoms with Crippen molar-refractivity contribution in [1.29, 1.82) is 0 Å². The minimum Gasteiger partial charge on any atom is -0.479 e. The van der Waals surface area contributed by atoms with Gasteiger partial charge in [0.25, 0.3) is 0 Å². The summed E-state index contributed by atoms with van der Waals surface area (Å²) in [5.74, 6) is -1.27. The largest absolute Gasteiger partial charge is 0.479 e. The molecule has 2 N–H and O–H groups in total. The minimum atomic E-state index is -1.80. The van der Waals surface area contributed by atoms with Crippen molar-refractivity contribution in [2.45, 2.75) is 38.9 Å². The van der Waals surface area contributed by atoms with Crippen LogP contribution in [0.1, 0.15) is 27.7 Å². The number of hydrogen-bond acceptors (Lipinski definition) is 3. The Kier molecular flexibility index (Phi) is 3.24. The number of rotatable bonds is 3. The third kappa shape index (κ3) is 4.31. The van der Waals surface area contributed by atoms with Crippen LogP contribution in [0.4, 0.5) is 0 Å². The second-order valence-electron chi connectivity index (χ2n) is 3.98. The van der Waals surface area contributed by atoms with Crippen LogP contribution in [0.25, 0.3) is 0 Å². The van der Waals surface area contributed by atoms with Crippen LogP contribution in [0, 0.1) is 0 Å². The van der Waals surface area contributed by atoms with Gasteiger partial charge in [-0.3, -0.25) is 0 Å². The molecule has 72 valence electrons. The van der Waals surface area contributed by atoms with Crippen LogP contribution < -0.4 is 0 Å². The average molecular weight is 176 g/mol. The van der Waals surface area contributed by atoms with Crippen LogP contribution in [0.2, 0.25) is 0 Å². The molecule has 0 saturated heterocycles. The van der Waals surface area contributed by atoms with Gasteiger partial charge in [-0.1, -0.05) is 0 Å². The van der Waals surface area contributed by atoms with Crippen LogP contribution in [0.3, 0.4) is 0 Å². The molecule has 0 aromatic rings. The van der Waals surface area contributed by atoms with E-state index < -0.39 is 17.2 Å². The van der Waals surface area contributed by atoms with Crippen molar-refractivity contribution in [1.82, 2.24) is 0 Å². The van der Waals surface area contributed by atoms with E-state index in [1.807, 2.05) is 0 Å². The highest BCUT2D eigenvalue weighted by Crippen LogP contribution is 2.12. The summed E-state index contributed by atoms with van der Waals surface area (Å²) >= 11 is 0. The first-order valence-electron chi connectivity index (χ1n) is 3.75. The summed E-state index contributed by atoms with van der Waals surface area (Å²) in [7, 11) is 0. The first-order valence-corrected chi connectivity index (χ1v) is 3.75. The molecule has 4 heteroatoms. The zero-order valence-electron chi connectivity index (χ0n) is 7.92. The summed E-state index contributed by atoms with van der Waals surface area (Å²) in [6, 6.07) is 0. The van der Waals surface area contributed by atoms with E-state index in [0.717, 1.165) is 0 Å². The average Bonchev–Trinajstić information content (AvgIpc) is 1.82. The molecule has 4 nitrogen and oxygen atoms in total. The van der Waals surface area contributed by atoms with Gasteiger partial charge in [-0.15, -0.1) is 0 Å². The maximum atomic E-state index is 10.4. The molecule has 0 spiro atoms. The smallest absolute Gasteiger partial charge is 0.337 e. The minimum absolute atomic E-state index is 0.203. The van der Waals surface area contributed by atoms with Crippen LogP contribution in [0.15, 0.2) is 0 Å². The molecule has 0 radical (unpaired) electrons. The monoisotopic (exact) mass is 176 g/mol. The summed E-state index contributed by atoms with van der Waals surface area (Å²) in [5.41, 5.74) is -2.23. The standard InChI is InChI=1S/C8H16O4/c1-7(2,3)12-5-8(4,11)6(9)10/h11H,5H2,1-4H3,(H,9,10). The van der Waals surface area contributed by atoms with Gasteiger partial charge in [0, 0.05) is 0 Å². The van der Waals surface area contributed by atoms with E-state index in [4.69, 9.17) is 9.84 Å². The van der Waals surface area contributed by atoms with Gasteiger partial charge in [-0.05, 0) is 27.7 Å². The molecule has 0 aliphatic rings. The Balaban J connectivity index is 4.01. The second-order valence-corrected chi connectivity index (χ2v) is 3.98. The molecule has 1 unspecified atom stereocenters. The molecule has 0 aliphatic carbocycles. The van der Waals surface area contributed by atoms with Crippen molar-refractivity contribution in [3.05, 3.63) is 0 Å². The summed E-state index contributed by atoms with van der Waals surface area (Å²) < 4.78 is 5.12. The molecule has 1 atom stereocenters. The van der Waals surface area contributed by atoms with Crippen molar-refractivity contribution in [3.8, 4) is 0 Å². The Morgan fingerprint density at radius 2 is 1.75 bits per heavy atom. The molecule has 0 saturated carbocycles. The van der Waals surface area contributed by atoms with Crippen molar-refractivity contribution in [3.63, 3.8) is 0 Å². The van der Waals surface area contributed by atoms with Crippen LogP contribution in [-0.2, 0) is 9.53 Å². The van der Waals surface area contributed by atoms with Gasteiger partial charge >= 0.3 is 5.97 Å². The van der Waals surface area contributed by atoms with E-state index in [2.05, 4.69) is 0 Å². The molecule has 0 aromatic heterocycles. The van der Waals surface area contributed by atoms with Crippen LogP contribution in [0.5, 0.6) is 0 Å². The first-order chi connectivity index (χ1) is 5.15. The Hall–Kier alpha value is -0.610. The number of aliphatic carboxylic acids is 1. The fourth-order valence-corrected chi connectivity index (χ4v) is 0.419.